The Balaban J connectivity index is 2.37. The highest BCUT2D eigenvalue weighted by Crippen LogP contribution is 2.51. The lowest BCUT2D eigenvalue weighted by atomic mass is 9.92. The van der Waals surface area contributed by atoms with E-state index in [9.17, 15) is 13.6 Å². The van der Waals surface area contributed by atoms with Crippen LogP contribution in [0.2, 0.25) is 0 Å². The van der Waals surface area contributed by atoms with Gasteiger partial charge >= 0.3 is 5.97 Å². The van der Waals surface area contributed by atoms with Gasteiger partial charge in [-0.15, -0.1) is 0 Å². The summed E-state index contributed by atoms with van der Waals surface area (Å²) in [6, 6.07) is 2.33. The maximum Gasteiger partial charge on any atom is 0.304 e. The van der Waals surface area contributed by atoms with E-state index in [0.717, 1.165) is 12.1 Å². The first kappa shape index (κ1) is 11.8. The van der Waals surface area contributed by atoms with Crippen molar-refractivity contribution in [1.82, 2.24) is 0 Å². The molecule has 0 unspecified atom stereocenters. The van der Waals surface area contributed by atoms with Crippen LogP contribution in [0, 0.1) is 11.6 Å². The van der Waals surface area contributed by atoms with Crippen molar-refractivity contribution in [3.63, 3.8) is 0 Å². The molecule has 5 heteroatoms. The molecular weight excluding hydrogens is 230 g/mol. The van der Waals surface area contributed by atoms with Crippen LogP contribution >= 0.6 is 0 Å². The van der Waals surface area contributed by atoms with Gasteiger partial charge in [-0.3, -0.25) is 4.79 Å². The van der Waals surface area contributed by atoms with Crippen molar-refractivity contribution >= 4 is 5.97 Å². The number of benzene rings is 1. The zero-order valence-electron chi connectivity index (χ0n) is 9.30. The van der Waals surface area contributed by atoms with Crippen LogP contribution in [0.5, 0.6) is 5.75 Å². The van der Waals surface area contributed by atoms with E-state index in [4.69, 9.17) is 5.11 Å². The number of carbonyl (C=O) groups is 1. The summed E-state index contributed by atoms with van der Waals surface area (Å²) in [6.45, 7) is 0. The monoisotopic (exact) mass is 242 g/mol. The fourth-order valence-corrected chi connectivity index (χ4v) is 2.07. The Bertz CT molecular complexity index is 444. The summed E-state index contributed by atoms with van der Waals surface area (Å²) < 4.78 is 31.6. The van der Waals surface area contributed by atoms with Gasteiger partial charge in [-0.05, 0) is 30.5 Å². The molecule has 1 saturated carbocycles. The fraction of sp³-hybridized carbons (Fsp3) is 0.417. The van der Waals surface area contributed by atoms with E-state index in [1.54, 1.807) is 0 Å². The minimum Gasteiger partial charge on any atom is -0.491 e. The van der Waals surface area contributed by atoms with E-state index in [-0.39, 0.29) is 6.42 Å². The quantitative estimate of drug-likeness (QED) is 0.882. The molecule has 1 fully saturated rings. The van der Waals surface area contributed by atoms with Crippen molar-refractivity contribution in [2.75, 3.05) is 7.11 Å². The van der Waals surface area contributed by atoms with Crippen molar-refractivity contribution < 1.29 is 23.4 Å². The van der Waals surface area contributed by atoms with E-state index in [1.165, 1.54) is 7.11 Å². The second-order valence-corrected chi connectivity index (χ2v) is 4.32. The third kappa shape index (κ3) is 2.09. The lowest BCUT2D eigenvalue weighted by molar-refractivity contribution is -0.137. The second-order valence-electron chi connectivity index (χ2n) is 4.32. The second kappa shape index (κ2) is 3.98. The molecule has 0 aliphatic heterocycles. The van der Waals surface area contributed by atoms with Crippen molar-refractivity contribution in [1.29, 1.82) is 0 Å². The highest BCUT2D eigenvalue weighted by Gasteiger charge is 2.46. The van der Waals surface area contributed by atoms with E-state index < -0.39 is 28.8 Å². The Morgan fingerprint density at radius 1 is 1.41 bits per heavy atom. The minimum absolute atomic E-state index is 0.0990. The highest BCUT2D eigenvalue weighted by atomic mass is 19.1. The van der Waals surface area contributed by atoms with E-state index >= 15 is 0 Å². The van der Waals surface area contributed by atoms with Gasteiger partial charge in [0.05, 0.1) is 13.5 Å². The Morgan fingerprint density at radius 3 is 2.29 bits per heavy atom. The maximum atomic E-state index is 13.5. The van der Waals surface area contributed by atoms with Crippen LogP contribution < -0.4 is 4.74 Å². The van der Waals surface area contributed by atoms with Crippen molar-refractivity contribution in [2.24, 2.45) is 0 Å². The Morgan fingerprint density at radius 2 is 1.94 bits per heavy atom. The standard InChI is InChI=1S/C12H12F2O3/c1-17-11-8(13)4-7(5-9(11)14)12(2-3-12)6-10(15)16/h4-5H,2-3,6H2,1H3,(H,15,16). The van der Waals surface area contributed by atoms with Crippen LogP contribution in [-0.2, 0) is 10.2 Å². The van der Waals surface area contributed by atoms with Gasteiger partial charge in [-0.25, -0.2) is 8.78 Å². The molecule has 1 aromatic rings. The minimum atomic E-state index is -0.959. The smallest absolute Gasteiger partial charge is 0.304 e. The number of rotatable bonds is 4. The number of ether oxygens (including phenoxy) is 1. The molecule has 17 heavy (non-hydrogen) atoms. The average molecular weight is 242 g/mol. The molecule has 1 aromatic carbocycles. The first-order valence-corrected chi connectivity index (χ1v) is 5.24. The van der Waals surface area contributed by atoms with Crippen LogP contribution in [-0.4, -0.2) is 18.2 Å². The van der Waals surface area contributed by atoms with Crippen LogP contribution in [0.1, 0.15) is 24.8 Å². The van der Waals surface area contributed by atoms with Gasteiger partial charge in [0.15, 0.2) is 17.4 Å². The van der Waals surface area contributed by atoms with Crippen LogP contribution in [0.15, 0.2) is 12.1 Å². The van der Waals surface area contributed by atoms with E-state index in [2.05, 4.69) is 4.74 Å². The molecule has 92 valence electrons. The van der Waals surface area contributed by atoms with Crippen LogP contribution in [0.4, 0.5) is 8.78 Å². The molecule has 3 nitrogen and oxygen atoms in total. The van der Waals surface area contributed by atoms with Gasteiger partial charge in [-0.1, -0.05) is 0 Å². The Labute approximate surface area is 97.0 Å². The lowest BCUT2D eigenvalue weighted by Crippen LogP contribution is -2.14. The summed E-state index contributed by atoms with van der Waals surface area (Å²) >= 11 is 0. The Kier molecular flexibility index (Phi) is 2.77. The zero-order chi connectivity index (χ0) is 12.6. The normalized spacial score (nSPS) is 16.6. The SMILES string of the molecule is COc1c(F)cc(C2(CC(=O)O)CC2)cc1F. The van der Waals surface area contributed by atoms with Gasteiger partial charge < -0.3 is 9.84 Å². The number of aliphatic carboxylic acids is 1. The van der Waals surface area contributed by atoms with Crippen molar-refractivity contribution in [3.05, 3.63) is 29.3 Å². The first-order valence-electron chi connectivity index (χ1n) is 5.24. The molecule has 1 N–H and O–H groups in total. The molecule has 0 saturated heterocycles. The summed E-state index contributed by atoms with van der Waals surface area (Å²) in [5.74, 6) is -2.97. The first-order chi connectivity index (χ1) is 7.98. The number of halogens is 2. The summed E-state index contributed by atoms with van der Waals surface area (Å²) in [5.41, 5.74) is -0.199. The predicted octanol–water partition coefficient (Wildman–Crippen LogP) is 2.48. The molecule has 0 atom stereocenters. The number of carboxylic acid groups (broad SMARTS) is 1. The van der Waals surface area contributed by atoms with E-state index in [1.807, 2.05) is 0 Å². The topological polar surface area (TPSA) is 46.5 Å². The predicted molar refractivity (Wildman–Crippen MR) is 56.1 cm³/mol. The highest BCUT2D eigenvalue weighted by molar-refractivity contribution is 5.70. The number of hydrogen-bond acceptors (Lipinski definition) is 2. The zero-order valence-corrected chi connectivity index (χ0v) is 9.30. The molecule has 2 rings (SSSR count). The van der Waals surface area contributed by atoms with Gasteiger partial charge in [-0.2, -0.15) is 0 Å². The van der Waals surface area contributed by atoms with Gasteiger partial charge in [0.25, 0.3) is 0 Å². The molecule has 0 radical (unpaired) electrons. The summed E-state index contributed by atoms with van der Waals surface area (Å²) in [4.78, 5) is 10.7. The molecular formula is C12H12F2O3. The summed E-state index contributed by atoms with van der Waals surface area (Å²) in [7, 11) is 1.19. The summed E-state index contributed by atoms with van der Waals surface area (Å²) in [6.07, 6.45) is 1.19. The molecule has 0 aromatic heterocycles. The van der Waals surface area contributed by atoms with Gasteiger partial charge in [0.2, 0.25) is 0 Å². The number of carboxylic acids is 1. The molecule has 0 bridgehead atoms. The van der Waals surface area contributed by atoms with E-state index in [0.29, 0.717) is 18.4 Å². The molecule has 0 amide bonds. The fourth-order valence-electron chi connectivity index (χ4n) is 2.07. The summed E-state index contributed by atoms with van der Waals surface area (Å²) in [5, 5.41) is 8.78. The molecule has 1 aliphatic rings. The molecule has 1 aliphatic carbocycles. The van der Waals surface area contributed by atoms with Gasteiger partial charge in [0, 0.05) is 5.41 Å². The third-order valence-electron chi connectivity index (χ3n) is 3.16. The maximum absolute atomic E-state index is 13.5. The van der Waals surface area contributed by atoms with Crippen molar-refractivity contribution in [2.45, 2.75) is 24.7 Å². The van der Waals surface area contributed by atoms with Crippen LogP contribution in [0.25, 0.3) is 0 Å². The van der Waals surface area contributed by atoms with Crippen LogP contribution in [0.3, 0.4) is 0 Å². The van der Waals surface area contributed by atoms with Gasteiger partial charge in [0.1, 0.15) is 0 Å². The Hall–Kier alpha value is -1.65. The molecule has 0 spiro atoms. The number of methoxy groups -OCH3 is 1. The third-order valence-corrected chi connectivity index (χ3v) is 3.16. The largest absolute Gasteiger partial charge is 0.491 e. The van der Waals surface area contributed by atoms with Crippen molar-refractivity contribution in [3.8, 4) is 5.75 Å². The molecule has 0 heterocycles. The number of hydrogen-bond donors (Lipinski definition) is 1. The lowest BCUT2D eigenvalue weighted by Gasteiger charge is -2.14. The average Bonchev–Trinajstić information content (AvgIpc) is 2.97.